The number of carbonyl (C=O) groups is 1. The van der Waals surface area contributed by atoms with Crippen molar-refractivity contribution in [2.24, 2.45) is 0 Å². The van der Waals surface area contributed by atoms with Crippen LogP contribution in [0.25, 0.3) is 11.1 Å². The summed E-state index contributed by atoms with van der Waals surface area (Å²) in [5.74, 6) is -0.196. The first-order chi connectivity index (χ1) is 17.3. The van der Waals surface area contributed by atoms with Crippen LogP contribution in [-0.2, 0) is 16.1 Å². The van der Waals surface area contributed by atoms with Gasteiger partial charge in [0.15, 0.2) is 0 Å². The molecule has 0 bridgehead atoms. The minimum absolute atomic E-state index is 0. The molecule has 0 spiro atoms. The second kappa shape index (κ2) is 15.3. The molecule has 2 N–H and O–H groups in total. The second-order valence-electron chi connectivity index (χ2n) is 8.18. The normalized spacial score (nSPS) is 12.4. The fraction of sp³-hybridized carbons (Fsp3) is 0.333. The van der Waals surface area contributed by atoms with Gasteiger partial charge in [-0.05, 0) is 54.8 Å². The second-order valence-corrected chi connectivity index (χ2v) is 8.58. The van der Waals surface area contributed by atoms with E-state index in [2.05, 4.69) is 4.98 Å². The number of hydrogen-bond acceptors (Lipinski definition) is 8. The molecule has 0 fully saturated rings. The number of carboxylic acid groups (broad SMARTS) is 1. The first kappa shape index (κ1) is 31.1. The van der Waals surface area contributed by atoms with Gasteiger partial charge in [-0.15, -0.1) is 0 Å². The van der Waals surface area contributed by atoms with Crippen LogP contribution in [0.1, 0.15) is 36.1 Å². The number of aliphatic hydroxyl groups is 2. The van der Waals surface area contributed by atoms with Crippen LogP contribution < -0.4 is 44.1 Å². The molecule has 1 aromatic heterocycles. The number of pyridine rings is 1. The van der Waals surface area contributed by atoms with Gasteiger partial charge in [-0.25, -0.2) is 4.98 Å². The number of carboxylic acids is 1. The number of aliphatic hydroxyl groups excluding tert-OH is 2. The average Bonchev–Trinajstić information content (AvgIpc) is 2.87. The third-order valence-corrected chi connectivity index (χ3v) is 5.75. The topological polar surface area (TPSA) is 121 Å². The summed E-state index contributed by atoms with van der Waals surface area (Å²) in [5.41, 5.74) is 4.14. The Labute approximate surface area is 243 Å². The van der Waals surface area contributed by atoms with Crippen molar-refractivity contribution in [3.63, 3.8) is 0 Å². The van der Waals surface area contributed by atoms with Gasteiger partial charge >= 0.3 is 29.6 Å². The van der Waals surface area contributed by atoms with E-state index in [0.29, 0.717) is 29.9 Å². The molecular formula is C27H29ClNNaO7. The van der Waals surface area contributed by atoms with Gasteiger partial charge < -0.3 is 34.3 Å². The maximum atomic E-state index is 11.0. The minimum atomic E-state index is -1.17. The van der Waals surface area contributed by atoms with Crippen LogP contribution in [-0.4, -0.2) is 47.1 Å². The molecule has 8 nitrogen and oxygen atoms in total. The van der Waals surface area contributed by atoms with Gasteiger partial charge in [0.25, 0.3) is 0 Å². The molecule has 192 valence electrons. The van der Waals surface area contributed by atoms with Crippen molar-refractivity contribution < 1.29 is 63.9 Å². The van der Waals surface area contributed by atoms with Crippen molar-refractivity contribution in [2.75, 3.05) is 19.8 Å². The van der Waals surface area contributed by atoms with Crippen molar-refractivity contribution in [3.05, 3.63) is 76.4 Å². The third kappa shape index (κ3) is 9.26. The average molecular weight is 538 g/mol. The predicted molar refractivity (Wildman–Crippen MR) is 133 cm³/mol. The predicted octanol–water partition coefficient (Wildman–Crippen LogP) is 0.243. The summed E-state index contributed by atoms with van der Waals surface area (Å²) in [5, 5.41) is 29.9. The summed E-state index contributed by atoms with van der Waals surface area (Å²) in [6.07, 6.45) is -0.0983. The molecule has 0 saturated carbocycles. The molecule has 0 aliphatic rings. The molecule has 0 aliphatic carbocycles. The molecule has 2 aromatic carbocycles. The number of aryl methyl sites for hydroxylation is 1. The van der Waals surface area contributed by atoms with Crippen LogP contribution in [0.2, 0.25) is 5.02 Å². The van der Waals surface area contributed by atoms with Crippen molar-refractivity contribution in [1.29, 1.82) is 0 Å². The Balaban J connectivity index is 0.00000481. The van der Waals surface area contributed by atoms with Gasteiger partial charge in [0.1, 0.15) is 25.1 Å². The summed E-state index contributed by atoms with van der Waals surface area (Å²) in [7, 11) is 0. The molecular weight excluding hydrogens is 509 g/mol. The quantitative estimate of drug-likeness (QED) is 0.298. The zero-order valence-corrected chi connectivity index (χ0v) is 23.9. The number of rotatable bonds is 13. The van der Waals surface area contributed by atoms with Crippen LogP contribution in [0.3, 0.4) is 0 Å². The Morgan fingerprint density at radius 1 is 1.11 bits per heavy atom. The third-order valence-electron chi connectivity index (χ3n) is 5.42. The summed E-state index contributed by atoms with van der Waals surface area (Å²) in [4.78, 5) is 15.3. The summed E-state index contributed by atoms with van der Waals surface area (Å²) in [6.45, 7) is 3.96. The zero-order chi connectivity index (χ0) is 26.1. The maximum Gasteiger partial charge on any atom is 1.00 e. The van der Waals surface area contributed by atoms with Crippen LogP contribution in [0.15, 0.2) is 54.7 Å². The zero-order valence-electron chi connectivity index (χ0n) is 21.1. The number of benzene rings is 2. The molecule has 3 rings (SSSR count). The number of halogens is 1. The first-order valence-corrected chi connectivity index (χ1v) is 11.9. The molecule has 3 aromatic rings. The Hall–Kier alpha value is -2.17. The van der Waals surface area contributed by atoms with Crippen LogP contribution >= 0.6 is 11.6 Å². The van der Waals surface area contributed by atoms with E-state index in [9.17, 15) is 15.0 Å². The van der Waals surface area contributed by atoms with Gasteiger partial charge in [-0.2, -0.15) is 0 Å². The molecule has 0 aliphatic heterocycles. The van der Waals surface area contributed by atoms with Crippen LogP contribution in [0.4, 0.5) is 0 Å². The van der Waals surface area contributed by atoms with Gasteiger partial charge in [0, 0.05) is 47.4 Å². The molecule has 1 unspecified atom stereocenters. The Kier molecular flexibility index (Phi) is 12.8. The van der Waals surface area contributed by atoms with Gasteiger partial charge in [-0.3, -0.25) is 0 Å². The maximum absolute atomic E-state index is 11.0. The smallest absolute Gasteiger partial charge is 0.550 e. The number of aromatic nitrogens is 1. The molecule has 0 radical (unpaired) electrons. The van der Waals surface area contributed by atoms with Crippen LogP contribution in [0, 0.1) is 6.92 Å². The minimum Gasteiger partial charge on any atom is -0.550 e. The van der Waals surface area contributed by atoms with E-state index in [0.717, 1.165) is 27.8 Å². The fourth-order valence-electron chi connectivity index (χ4n) is 3.56. The van der Waals surface area contributed by atoms with E-state index >= 15 is 0 Å². The van der Waals surface area contributed by atoms with E-state index in [1.165, 1.54) is 0 Å². The van der Waals surface area contributed by atoms with E-state index in [1.807, 2.05) is 26.0 Å². The van der Waals surface area contributed by atoms with Crippen molar-refractivity contribution in [2.45, 2.75) is 39.1 Å². The molecule has 0 saturated heterocycles. The molecule has 1 heterocycles. The van der Waals surface area contributed by atoms with Crippen LogP contribution in [0.5, 0.6) is 11.6 Å². The van der Waals surface area contributed by atoms with Crippen molar-refractivity contribution >= 4 is 17.6 Å². The summed E-state index contributed by atoms with van der Waals surface area (Å²) in [6, 6.07) is 14.5. The SMILES string of the molecule is CCO[C@@H](CC(=O)[O-])c1ccc(OCc2ccc(Cl)c(-c3cnc(OCC(O)CO)cc3C)c2)cc1.[Na+]. The number of nitrogens with zero attached hydrogens (tertiary/aromatic N) is 1. The number of carbonyl (C=O) groups excluding carboxylic acids is 1. The standard InChI is InChI=1S/C27H30ClNO7.Na/c1-3-34-25(12-27(32)33)19-5-7-21(8-6-19)35-15-18-4-9-24(28)22(11-18)23-13-29-26(10-17(23)2)36-16-20(31)14-30;/h4-11,13,20,25,30-31H,3,12,14-16H2,1-2H3,(H,32,33);/q;+1/p-1/t20?,25-;/m0./s1. The van der Waals surface area contributed by atoms with E-state index in [4.69, 9.17) is 30.9 Å². The fourth-order valence-corrected chi connectivity index (χ4v) is 3.78. The summed E-state index contributed by atoms with van der Waals surface area (Å²) < 4.78 is 16.8. The largest absolute Gasteiger partial charge is 1.00 e. The Morgan fingerprint density at radius 3 is 2.46 bits per heavy atom. The Morgan fingerprint density at radius 2 is 1.84 bits per heavy atom. The van der Waals surface area contributed by atoms with E-state index in [-0.39, 0.29) is 49.2 Å². The van der Waals surface area contributed by atoms with Gasteiger partial charge in [0.2, 0.25) is 5.88 Å². The molecule has 37 heavy (non-hydrogen) atoms. The monoisotopic (exact) mass is 537 g/mol. The number of hydrogen-bond donors (Lipinski definition) is 2. The van der Waals surface area contributed by atoms with Crippen molar-refractivity contribution in [1.82, 2.24) is 4.98 Å². The van der Waals surface area contributed by atoms with E-state index < -0.39 is 18.2 Å². The first-order valence-electron chi connectivity index (χ1n) is 11.5. The van der Waals surface area contributed by atoms with Crippen molar-refractivity contribution in [3.8, 4) is 22.8 Å². The molecule has 0 amide bonds. The molecule has 10 heteroatoms. The number of ether oxygens (including phenoxy) is 3. The molecule has 2 atom stereocenters. The summed E-state index contributed by atoms with van der Waals surface area (Å²) >= 11 is 6.47. The Bertz CT molecular complexity index is 1160. The number of aliphatic carboxylic acids is 1. The van der Waals surface area contributed by atoms with Gasteiger partial charge in [-0.1, -0.05) is 29.8 Å². The van der Waals surface area contributed by atoms with E-state index in [1.54, 1.807) is 42.6 Å². The van der Waals surface area contributed by atoms with Gasteiger partial charge in [0.05, 0.1) is 12.7 Å².